The fourth-order valence-corrected chi connectivity index (χ4v) is 1.85. The van der Waals surface area contributed by atoms with E-state index >= 15 is 0 Å². The smallest absolute Gasteiger partial charge is 0.255 e. The number of methoxy groups -OCH3 is 2. The lowest BCUT2D eigenvalue weighted by Gasteiger charge is -2.13. The third-order valence-electron chi connectivity index (χ3n) is 2.90. The molecule has 6 heteroatoms. The van der Waals surface area contributed by atoms with Gasteiger partial charge in [-0.2, -0.15) is 0 Å². The number of carbonyl (C=O) groups excluding carboxylic acids is 1. The quantitative estimate of drug-likeness (QED) is 0.758. The van der Waals surface area contributed by atoms with Gasteiger partial charge >= 0.3 is 0 Å². The van der Waals surface area contributed by atoms with E-state index in [-0.39, 0.29) is 19.5 Å². The number of nitrogens with one attached hydrogen (secondary N) is 1. The first kappa shape index (κ1) is 16.8. The molecule has 2 rings (SSSR count). The monoisotopic (exact) mass is 317 g/mol. The van der Waals surface area contributed by atoms with Crippen molar-refractivity contribution in [3.63, 3.8) is 0 Å². The van der Waals surface area contributed by atoms with Gasteiger partial charge in [0.1, 0.15) is 0 Å². The van der Waals surface area contributed by atoms with Crippen LogP contribution in [0, 0.1) is 0 Å². The molecule has 0 spiro atoms. The molecular formula is C17H19NO5. The number of ether oxygens (including phenoxy) is 4. The molecule has 2 aromatic carbocycles. The Morgan fingerprint density at radius 2 is 1.57 bits per heavy atom. The van der Waals surface area contributed by atoms with Crippen LogP contribution < -0.4 is 14.8 Å². The molecule has 1 N–H and O–H groups in total. The molecule has 0 unspecified atom stereocenters. The molecule has 23 heavy (non-hydrogen) atoms. The summed E-state index contributed by atoms with van der Waals surface area (Å²) in [5, 5.41) is 2.81. The summed E-state index contributed by atoms with van der Waals surface area (Å²) in [4.78, 5) is 12.3. The maximum absolute atomic E-state index is 12.3. The largest absolute Gasteiger partial charge is 0.464 e. The van der Waals surface area contributed by atoms with Gasteiger partial charge in [-0.05, 0) is 30.3 Å². The Hall–Kier alpha value is -2.57. The number of anilines is 1. The molecule has 1 amide bonds. The molecule has 0 fully saturated rings. The Morgan fingerprint density at radius 1 is 0.913 bits per heavy atom. The van der Waals surface area contributed by atoms with Crippen LogP contribution in [-0.2, 0) is 9.47 Å². The summed E-state index contributed by atoms with van der Waals surface area (Å²) in [6.45, 7) is 0.131. The van der Waals surface area contributed by atoms with Crippen molar-refractivity contribution < 1.29 is 23.7 Å². The van der Waals surface area contributed by atoms with Gasteiger partial charge in [-0.3, -0.25) is 4.79 Å². The first-order valence-corrected chi connectivity index (χ1v) is 6.98. The van der Waals surface area contributed by atoms with Gasteiger partial charge in [-0.15, -0.1) is 0 Å². The summed E-state index contributed by atoms with van der Waals surface area (Å²) in [5.41, 5.74) is 1.17. The van der Waals surface area contributed by atoms with Gasteiger partial charge in [0.25, 0.3) is 5.91 Å². The number of para-hydroxylation sites is 1. The maximum Gasteiger partial charge on any atom is 0.255 e. The van der Waals surface area contributed by atoms with E-state index in [1.54, 1.807) is 18.2 Å². The highest BCUT2D eigenvalue weighted by molar-refractivity contribution is 6.04. The van der Waals surface area contributed by atoms with E-state index in [0.29, 0.717) is 17.1 Å². The van der Waals surface area contributed by atoms with E-state index in [1.165, 1.54) is 14.2 Å². The van der Waals surface area contributed by atoms with Gasteiger partial charge in [0.2, 0.25) is 0 Å². The van der Waals surface area contributed by atoms with E-state index in [0.717, 1.165) is 5.69 Å². The molecule has 0 aromatic heterocycles. The van der Waals surface area contributed by atoms with Gasteiger partial charge in [-0.25, -0.2) is 0 Å². The fourth-order valence-electron chi connectivity index (χ4n) is 1.85. The topological polar surface area (TPSA) is 66.0 Å². The molecule has 0 aliphatic heterocycles. The minimum Gasteiger partial charge on any atom is -0.464 e. The van der Waals surface area contributed by atoms with Gasteiger partial charge in [-0.1, -0.05) is 18.2 Å². The molecule has 0 atom stereocenters. The molecule has 0 bridgehead atoms. The molecule has 0 aliphatic carbocycles. The Bertz CT molecular complexity index is 630. The van der Waals surface area contributed by atoms with Gasteiger partial charge in [0.05, 0.1) is 0 Å². The normalized spacial score (nSPS) is 10.2. The molecule has 0 heterocycles. The van der Waals surface area contributed by atoms with Crippen molar-refractivity contribution >= 4 is 11.6 Å². The highest BCUT2D eigenvalue weighted by Gasteiger charge is 2.12. The SMILES string of the molecule is COCOc1ccc(C(=O)Nc2ccccc2)cc1OCOC. The minimum atomic E-state index is -0.239. The first-order chi connectivity index (χ1) is 11.2. The average molecular weight is 317 g/mol. The predicted molar refractivity (Wildman–Crippen MR) is 85.8 cm³/mol. The molecule has 2 aromatic rings. The maximum atomic E-state index is 12.3. The summed E-state index contributed by atoms with van der Waals surface area (Å²) < 4.78 is 20.6. The summed E-state index contributed by atoms with van der Waals surface area (Å²) in [7, 11) is 3.04. The summed E-state index contributed by atoms with van der Waals surface area (Å²) >= 11 is 0. The van der Waals surface area contributed by atoms with Crippen molar-refractivity contribution in [2.45, 2.75) is 0 Å². The Balaban J connectivity index is 2.16. The van der Waals surface area contributed by atoms with Crippen molar-refractivity contribution in [3.8, 4) is 11.5 Å². The zero-order valence-electron chi connectivity index (χ0n) is 13.1. The molecule has 0 radical (unpaired) electrons. The lowest BCUT2D eigenvalue weighted by atomic mass is 10.2. The summed E-state index contributed by atoms with van der Waals surface area (Å²) in [6, 6.07) is 14.1. The molecular weight excluding hydrogens is 298 g/mol. The van der Waals surface area contributed by atoms with E-state index in [2.05, 4.69) is 5.32 Å². The number of benzene rings is 2. The minimum absolute atomic E-state index is 0.0487. The van der Waals surface area contributed by atoms with Crippen LogP contribution in [0.1, 0.15) is 10.4 Å². The van der Waals surface area contributed by atoms with E-state index in [9.17, 15) is 4.79 Å². The van der Waals surface area contributed by atoms with E-state index in [1.807, 2.05) is 30.3 Å². The van der Waals surface area contributed by atoms with Crippen LogP contribution in [0.3, 0.4) is 0 Å². The second-order valence-electron chi connectivity index (χ2n) is 4.58. The van der Waals surface area contributed by atoms with Crippen LogP contribution in [0.5, 0.6) is 11.5 Å². The van der Waals surface area contributed by atoms with Crippen molar-refractivity contribution in [2.75, 3.05) is 33.1 Å². The van der Waals surface area contributed by atoms with Crippen LogP contribution in [0.4, 0.5) is 5.69 Å². The highest BCUT2D eigenvalue weighted by atomic mass is 16.7. The molecule has 122 valence electrons. The van der Waals surface area contributed by atoms with Crippen LogP contribution in [0.15, 0.2) is 48.5 Å². The Morgan fingerprint density at radius 3 is 2.22 bits per heavy atom. The van der Waals surface area contributed by atoms with E-state index < -0.39 is 0 Å². The van der Waals surface area contributed by atoms with Crippen LogP contribution in [-0.4, -0.2) is 33.7 Å². The molecule has 6 nitrogen and oxygen atoms in total. The Kier molecular flexibility index (Phi) is 6.40. The predicted octanol–water partition coefficient (Wildman–Crippen LogP) is 2.90. The van der Waals surface area contributed by atoms with Crippen molar-refractivity contribution in [3.05, 3.63) is 54.1 Å². The van der Waals surface area contributed by atoms with Gasteiger partial charge in [0.15, 0.2) is 25.1 Å². The van der Waals surface area contributed by atoms with Crippen LogP contribution in [0.2, 0.25) is 0 Å². The third kappa shape index (κ3) is 4.98. The standard InChI is InChI=1S/C17H19NO5/c1-20-11-22-15-9-8-13(10-16(15)23-12-21-2)17(19)18-14-6-4-3-5-7-14/h3-10H,11-12H2,1-2H3,(H,18,19). The number of amides is 1. The summed E-state index contributed by atoms with van der Waals surface area (Å²) in [5.74, 6) is 0.640. The number of rotatable bonds is 8. The highest BCUT2D eigenvalue weighted by Crippen LogP contribution is 2.29. The first-order valence-electron chi connectivity index (χ1n) is 6.98. The van der Waals surface area contributed by atoms with Gasteiger partial charge in [0, 0.05) is 25.5 Å². The zero-order chi connectivity index (χ0) is 16.5. The van der Waals surface area contributed by atoms with E-state index in [4.69, 9.17) is 18.9 Å². The lowest BCUT2D eigenvalue weighted by molar-refractivity contribution is 0.0322. The molecule has 0 saturated carbocycles. The zero-order valence-corrected chi connectivity index (χ0v) is 13.1. The Labute approximate surface area is 134 Å². The van der Waals surface area contributed by atoms with Crippen LogP contribution in [0.25, 0.3) is 0 Å². The fraction of sp³-hybridized carbons (Fsp3) is 0.235. The second-order valence-corrected chi connectivity index (χ2v) is 4.58. The van der Waals surface area contributed by atoms with Crippen molar-refractivity contribution in [2.24, 2.45) is 0 Å². The lowest BCUT2D eigenvalue weighted by Crippen LogP contribution is -2.12. The number of hydrogen-bond donors (Lipinski definition) is 1. The molecule has 0 aliphatic rings. The van der Waals surface area contributed by atoms with Gasteiger partial charge < -0.3 is 24.3 Å². The van der Waals surface area contributed by atoms with Crippen LogP contribution >= 0.6 is 0 Å². The van der Waals surface area contributed by atoms with Crippen molar-refractivity contribution in [1.82, 2.24) is 0 Å². The second kappa shape index (κ2) is 8.77. The third-order valence-corrected chi connectivity index (χ3v) is 2.90. The number of carbonyl (C=O) groups is 1. The number of hydrogen-bond acceptors (Lipinski definition) is 5. The average Bonchev–Trinajstić information content (AvgIpc) is 2.59. The van der Waals surface area contributed by atoms with Crippen molar-refractivity contribution in [1.29, 1.82) is 0 Å². The summed E-state index contributed by atoms with van der Waals surface area (Å²) in [6.07, 6.45) is 0. The molecule has 0 saturated heterocycles.